The van der Waals surface area contributed by atoms with Crippen molar-refractivity contribution in [3.63, 3.8) is 0 Å². The van der Waals surface area contributed by atoms with Gasteiger partial charge in [-0.25, -0.2) is 4.79 Å². The molecule has 0 aromatic carbocycles. The summed E-state index contributed by atoms with van der Waals surface area (Å²) in [5.74, 6) is -0.157. The molecule has 0 bridgehead atoms. The third-order valence-corrected chi connectivity index (χ3v) is 0.516. The summed E-state index contributed by atoms with van der Waals surface area (Å²) in [6.45, 7) is 1.76. The average molecular weight is 150 g/mol. The van der Waals surface area contributed by atoms with Crippen LogP contribution < -0.4 is 0 Å². The molecule has 0 atom stereocenters. The molecule has 0 fully saturated rings. The van der Waals surface area contributed by atoms with Gasteiger partial charge in [-0.05, 0) is 0 Å². The largest absolute Gasteiger partial charge is 0.503 e. The van der Waals surface area contributed by atoms with Gasteiger partial charge in [0.05, 0.1) is 7.11 Å². The number of esters is 1. The molecule has 5 nitrogen and oxygen atoms in total. The highest BCUT2D eigenvalue weighted by atomic mass is 16.6. The van der Waals surface area contributed by atoms with Crippen molar-refractivity contribution in [2.45, 2.75) is 13.3 Å². The Labute approximate surface area is 58.2 Å². The Kier molecular flexibility index (Phi) is 8.92. The van der Waals surface area contributed by atoms with Gasteiger partial charge < -0.3 is 14.9 Å². The number of rotatable bonds is 1. The number of methoxy groups -OCH3 is 1. The molecule has 0 aliphatic carbocycles. The second-order valence-electron chi connectivity index (χ2n) is 1.21. The van der Waals surface area contributed by atoms with E-state index in [1.54, 1.807) is 6.92 Å². The lowest BCUT2D eigenvalue weighted by Gasteiger charge is -1.87. The fourth-order valence-corrected chi connectivity index (χ4v) is 0.144. The van der Waals surface area contributed by atoms with E-state index in [4.69, 9.17) is 15.0 Å². The highest BCUT2D eigenvalue weighted by molar-refractivity contribution is 5.68. The van der Waals surface area contributed by atoms with Crippen LogP contribution in [0.4, 0.5) is 4.79 Å². The van der Waals surface area contributed by atoms with Gasteiger partial charge in [0.15, 0.2) is 0 Å². The summed E-state index contributed by atoms with van der Waals surface area (Å²) in [5.41, 5.74) is 0. The molecule has 10 heavy (non-hydrogen) atoms. The van der Waals surface area contributed by atoms with Crippen LogP contribution >= 0.6 is 0 Å². The summed E-state index contributed by atoms with van der Waals surface area (Å²) in [6.07, 6.45) is -1.36. The maximum atomic E-state index is 9.96. The van der Waals surface area contributed by atoms with Gasteiger partial charge in [-0.1, -0.05) is 6.92 Å². The average Bonchev–Trinajstić information content (AvgIpc) is 1.85. The van der Waals surface area contributed by atoms with Crippen molar-refractivity contribution in [1.82, 2.24) is 0 Å². The monoisotopic (exact) mass is 150 g/mol. The Morgan fingerprint density at radius 2 is 1.70 bits per heavy atom. The van der Waals surface area contributed by atoms with Crippen LogP contribution in [-0.4, -0.2) is 29.4 Å². The van der Waals surface area contributed by atoms with E-state index in [0.29, 0.717) is 6.42 Å². The molecule has 0 aromatic heterocycles. The van der Waals surface area contributed by atoms with Crippen LogP contribution in [0.15, 0.2) is 0 Å². The van der Waals surface area contributed by atoms with E-state index >= 15 is 0 Å². The van der Waals surface area contributed by atoms with Crippen molar-refractivity contribution in [1.29, 1.82) is 0 Å². The van der Waals surface area contributed by atoms with Gasteiger partial charge in [-0.2, -0.15) is 0 Å². The standard InChI is InChI=1S/C4H8O2.CH2O3/c1-3-4(5)6-2;2-1(3)4/h3H2,1-2H3;(H2,2,3,4). The second-order valence-corrected chi connectivity index (χ2v) is 1.21. The molecule has 60 valence electrons. The van der Waals surface area contributed by atoms with Crippen LogP contribution in [0.5, 0.6) is 0 Å². The van der Waals surface area contributed by atoms with Crippen LogP contribution in [-0.2, 0) is 9.53 Å². The van der Waals surface area contributed by atoms with E-state index in [-0.39, 0.29) is 5.97 Å². The Hall–Kier alpha value is -1.26. The summed E-state index contributed by atoms with van der Waals surface area (Å²) in [5, 5.41) is 13.9. The molecule has 0 saturated carbocycles. The quantitative estimate of drug-likeness (QED) is 0.540. The summed E-state index contributed by atoms with van der Waals surface area (Å²) in [4.78, 5) is 18.5. The van der Waals surface area contributed by atoms with Gasteiger partial charge in [0, 0.05) is 6.42 Å². The van der Waals surface area contributed by atoms with Crippen LogP contribution in [0.1, 0.15) is 13.3 Å². The molecule has 0 unspecified atom stereocenters. The van der Waals surface area contributed by atoms with Crippen molar-refractivity contribution in [2.24, 2.45) is 0 Å². The Morgan fingerprint density at radius 3 is 1.70 bits per heavy atom. The molecule has 0 aromatic rings. The lowest BCUT2D eigenvalue weighted by Crippen LogP contribution is -1.94. The summed E-state index contributed by atoms with van der Waals surface area (Å²) < 4.78 is 4.26. The molecule has 5 heteroatoms. The zero-order chi connectivity index (χ0) is 8.57. The lowest BCUT2D eigenvalue weighted by atomic mass is 10.5. The molecule has 0 saturated heterocycles. The fourth-order valence-electron chi connectivity index (χ4n) is 0.144. The second kappa shape index (κ2) is 7.74. The molecule has 0 heterocycles. The van der Waals surface area contributed by atoms with Gasteiger partial charge >= 0.3 is 12.1 Å². The zero-order valence-corrected chi connectivity index (χ0v) is 5.83. The summed E-state index contributed by atoms with van der Waals surface area (Å²) >= 11 is 0. The molecule has 0 radical (unpaired) electrons. The molecule has 0 amide bonds. The molecule has 0 rings (SSSR count). The van der Waals surface area contributed by atoms with Crippen molar-refractivity contribution < 1.29 is 24.5 Å². The van der Waals surface area contributed by atoms with Crippen molar-refractivity contribution in [3.8, 4) is 0 Å². The lowest BCUT2D eigenvalue weighted by molar-refractivity contribution is -0.140. The third kappa shape index (κ3) is 29.6. The van der Waals surface area contributed by atoms with Crippen molar-refractivity contribution >= 4 is 12.1 Å². The Balaban J connectivity index is 0. The molecule has 2 N–H and O–H groups in total. The predicted octanol–water partition coefficient (Wildman–Crippen LogP) is 0.792. The fraction of sp³-hybridized carbons (Fsp3) is 0.600. The highest BCUT2D eigenvalue weighted by Gasteiger charge is 1.87. The first-order valence-electron chi connectivity index (χ1n) is 2.53. The van der Waals surface area contributed by atoms with E-state index < -0.39 is 6.16 Å². The number of carboxylic acid groups (broad SMARTS) is 2. The maximum absolute atomic E-state index is 9.96. The third-order valence-electron chi connectivity index (χ3n) is 0.516. The highest BCUT2D eigenvalue weighted by Crippen LogP contribution is 1.76. The van der Waals surface area contributed by atoms with Gasteiger partial charge in [0.2, 0.25) is 0 Å². The number of hydrogen-bond acceptors (Lipinski definition) is 3. The van der Waals surface area contributed by atoms with E-state index in [1.165, 1.54) is 7.11 Å². The van der Waals surface area contributed by atoms with Crippen molar-refractivity contribution in [2.75, 3.05) is 7.11 Å². The minimum atomic E-state index is -1.83. The first kappa shape index (κ1) is 11.5. The molecule has 0 aliphatic heterocycles. The number of hydrogen-bond donors (Lipinski definition) is 2. The number of carbonyl (C=O) groups is 2. The molecule has 0 spiro atoms. The van der Waals surface area contributed by atoms with Crippen LogP contribution in [0.25, 0.3) is 0 Å². The van der Waals surface area contributed by atoms with E-state index in [0.717, 1.165) is 0 Å². The Morgan fingerprint density at radius 1 is 1.40 bits per heavy atom. The minimum Gasteiger partial charge on any atom is -0.469 e. The van der Waals surface area contributed by atoms with Gasteiger partial charge in [0.1, 0.15) is 0 Å². The van der Waals surface area contributed by atoms with Crippen LogP contribution in [0.3, 0.4) is 0 Å². The normalized spacial score (nSPS) is 7.00. The number of ether oxygens (including phenoxy) is 1. The first-order valence-corrected chi connectivity index (χ1v) is 2.53. The predicted molar refractivity (Wildman–Crippen MR) is 33.0 cm³/mol. The molecular weight excluding hydrogens is 140 g/mol. The molecular formula is C5H10O5. The summed E-state index contributed by atoms with van der Waals surface area (Å²) in [6, 6.07) is 0. The Bertz CT molecular complexity index is 98.6. The SMILES string of the molecule is CCC(=O)OC.O=C(O)O. The van der Waals surface area contributed by atoms with Crippen LogP contribution in [0, 0.1) is 0 Å². The smallest absolute Gasteiger partial charge is 0.469 e. The van der Waals surface area contributed by atoms with Gasteiger partial charge in [-0.15, -0.1) is 0 Å². The van der Waals surface area contributed by atoms with Gasteiger partial charge in [0.25, 0.3) is 0 Å². The first-order chi connectivity index (χ1) is 4.54. The maximum Gasteiger partial charge on any atom is 0.503 e. The number of carbonyl (C=O) groups excluding carboxylic acids is 1. The minimum absolute atomic E-state index is 0.157. The van der Waals surface area contributed by atoms with E-state index in [9.17, 15) is 4.79 Å². The zero-order valence-electron chi connectivity index (χ0n) is 5.83. The van der Waals surface area contributed by atoms with Crippen molar-refractivity contribution in [3.05, 3.63) is 0 Å². The molecule has 0 aliphatic rings. The van der Waals surface area contributed by atoms with E-state index in [2.05, 4.69) is 4.74 Å². The summed E-state index contributed by atoms with van der Waals surface area (Å²) in [7, 11) is 1.38. The van der Waals surface area contributed by atoms with Gasteiger partial charge in [-0.3, -0.25) is 4.79 Å². The van der Waals surface area contributed by atoms with E-state index in [1.807, 2.05) is 0 Å². The van der Waals surface area contributed by atoms with Crippen LogP contribution in [0.2, 0.25) is 0 Å². The topological polar surface area (TPSA) is 83.8 Å².